The van der Waals surface area contributed by atoms with Crippen LogP contribution in [0.4, 0.5) is 23.4 Å². The number of fused-ring (bicyclic) bond motifs is 2. The van der Waals surface area contributed by atoms with Crippen molar-refractivity contribution in [1.82, 2.24) is 29.1 Å². The number of nitrogens with zero attached hydrogens (tertiary/aromatic N) is 6. The van der Waals surface area contributed by atoms with Crippen molar-refractivity contribution in [2.24, 2.45) is 0 Å². The Bertz CT molecular complexity index is 2360. The molecule has 6 aromatic rings. The summed E-state index contributed by atoms with van der Waals surface area (Å²) in [5.74, 6) is -4.02. The molecule has 0 unspecified atom stereocenters. The second-order valence-corrected chi connectivity index (χ2v) is 13.2. The molecule has 8 rings (SSSR count). The zero-order chi connectivity index (χ0) is 40.0. The number of hydrogen-bond donors (Lipinski definition) is 7. The smallest absolute Gasteiger partial charge is 0.164 e. The van der Waals surface area contributed by atoms with Crippen molar-refractivity contribution in [2.45, 2.75) is 61.3 Å². The molecule has 0 amide bonds. The molecule has 16 nitrogen and oxygen atoms in total. The van der Waals surface area contributed by atoms with Gasteiger partial charge >= 0.3 is 0 Å². The largest absolute Gasteiger partial charge is 0.387 e. The number of aromatic nitrogens is 6. The number of anilines is 1. The molecule has 0 radical (unpaired) electrons. The predicted octanol–water partition coefficient (Wildman–Crippen LogP) is 2.75. The second-order valence-electron chi connectivity index (χ2n) is 12.8. The average Bonchev–Trinajstić information content (AvgIpc) is 3.95. The van der Waals surface area contributed by atoms with Crippen LogP contribution in [0.2, 0.25) is 5.15 Å². The van der Waals surface area contributed by atoms with Crippen LogP contribution < -0.4 is 5.48 Å². The van der Waals surface area contributed by atoms with E-state index in [-0.39, 0.29) is 16.3 Å². The van der Waals surface area contributed by atoms with Gasteiger partial charge in [-0.1, -0.05) is 23.7 Å². The van der Waals surface area contributed by atoms with Gasteiger partial charge in [-0.2, -0.15) is 0 Å². The number of benzene rings is 2. The molecule has 7 N–H and O–H groups in total. The molecule has 21 heteroatoms. The Balaban J connectivity index is 0.000000172. The first-order valence-corrected chi connectivity index (χ1v) is 17.0. The Hall–Kier alpha value is -4.87. The van der Waals surface area contributed by atoms with Crippen LogP contribution >= 0.6 is 11.6 Å². The SMILES string of the molecule is CONc1ncnc2c1ccn2[C@@H]1O[C@H]([C@H](O)c2ccc(F)c(F)c2)[C@@H](O)[C@H]1O.O[C@@H]1[C@H](O)[C@@H]([C@H](O)c2ccc(F)c(F)c2)O[C@H]1n1ccc2c(Cl)ncnc21. The van der Waals surface area contributed by atoms with Crippen LogP contribution in [0.1, 0.15) is 35.8 Å². The standard InChI is InChI=1S/C18H18F2N4O5.C17H14ClF2N3O4/c1-28-23-16-9-4-5-24(17(9)22-7-21-16)18-14(27)13(26)15(29-18)12(25)8-2-3-10(19)11(20)6-8;18-15-8-3-4-23(16(8)22-6-21-15)17-13(26)12(25)14(27-17)11(24)7-1-2-9(19)10(20)5-7/h2-7,12-15,18,25-27H,1H3,(H,21,22,23);1-6,11-14,17,24-26H/t12-,13+,14-,15-,18-;11-,12+,13-,14-,17-/m11/s1. The molecule has 2 saturated heterocycles. The summed E-state index contributed by atoms with van der Waals surface area (Å²) < 4.78 is 67.5. The Kier molecular flexibility index (Phi) is 11.2. The van der Waals surface area contributed by atoms with Crippen molar-refractivity contribution in [3.8, 4) is 0 Å². The summed E-state index contributed by atoms with van der Waals surface area (Å²) >= 11 is 6.01. The summed E-state index contributed by atoms with van der Waals surface area (Å²) in [6.07, 6.45) is -7.83. The summed E-state index contributed by atoms with van der Waals surface area (Å²) in [4.78, 5) is 21.0. The van der Waals surface area contributed by atoms with Gasteiger partial charge in [0.1, 0.15) is 77.9 Å². The van der Waals surface area contributed by atoms with Gasteiger partial charge in [0, 0.05) is 12.4 Å². The van der Waals surface area contributed by atoms with E-state index in [1.54, 1.807) is 24.5 Å². The molecule has 0 bridgehead atoms. The van der Waals surface area contributed by atoms with E-state index in [4.69, 9.17) is 25.9 Å². The van der Waals surface area contributed by atoms with Crippen molar-refractivity contribution >= 4 is 39.5 Å². The van der Waals surface area contributed by atoms with Crippen molar-refractivity contribution < 1.29 is 62.5 Å². The molecule has 6 heterocycles. The monoisotopic (exact) mass is 805 g/mol. The molecule has 0 aliphatic carbocycles. The predicted molar refractivity (Wildman–Crippen MR) is 185 cm³/mol. The number of halogens is 5. The van der Waals surface area contributed by atoms with Gasteiger partial charge in [0.2, 0.25) is 0 Å². The van der Waals surface area contributed by atoms with Crippen LogP contribution in [-0.2, 0) is 14.3 Å². The number of aliphatic hydroxyl groups excluding tert-OH is 6. The fourth-order valence-corrected chi connectivity index (χ4v) is 6.82. The maximum absolute atomic E-state index is 13.5. The zero-order valence-corrected chi connectivity index (χ0v) is 29.4. The molecule has 0 spiro atoms. The van der Waals surface area contributed by atoms with Crippen LogP contribution in [-0.4, -0.2) is 103 Å². The van der Waals surface area contributed by atoms with E-state index in [0.29, 0.717) is 27.9 Å². The van der Waals surface area contributed by atoms with E-state index in [1.807, 2.05) is 0 Å². The Morgan fingerprint density at radius 1 is 0.661 bits per heavy atom. The van der Waals surface area contributed by atoms with Crippen LogP contribution in [0.5, 0.6) is 0 Å². The highest BCUT2D eigenvalue weighted by molar-refractivity contribution is 6.33. The molecular weight excluding hydrogens is 774 g/mol. The molecule has 296 valence electrons. The summed E-state index contributed by atoms with van der Waals surface area (Å²) in [6, 6.07) is 9.00. The van der Waals surface area contributed by atoms with Gasteiger partial charge in [-0.15, -0.1) is 0 Å². The highest BCUT2D eigenvalue weighted by Gasteiger charge is 2.49. The molecule has 2 aromatic carbocycles. The van der Waals surface area contributed by atoms with Gasteiger partial charge in [-0.3, -0.25) is 4.84 Å². The van der Waals surface area contributed by atoms with Gasteiger partial charge in [-0.25, -0.2) is 43.0 Å². The van der Waals surface area contributed by atoms with Gasteiger partial charge in [0.05, 0.1) is 17.9 Å². The Morgan fingerprint density at radius 3 is 1.61 bits per heavy atom. The highest BCUT2D eigenvalue weighted by atomic mass is 35.5. The van der Waals surface area contributed by atoms with Gasteiger partial charge in [-0.05, 0) is 47.5 Å². The molecule has 2 aliphatic heterocycles. The van der Waals surface area contributed by atoms with Crippen molar-refractivity contribution in [1.29, 1.82) is 0 Å². The first kappa shape index (κ1) is 39.4. The van der Waals surface area contributed by atoms with Crippen LogP contribution in [0.15, 0.2) is 73.6 Å². The van der Waals surface area contributed by atoms with Gasteiger partial charge in [0.15, 0.2) is 41.5 Å². The van der Waals surface area contributed by atoms with E-state index in [9.17, 15) is 48.2 Å². The zero-order valence-electron chi connectivity index (χ0n) is 28.7. The number of aliphatic hydroxyl groups is 6. The van der Waals surface area contributed by atoms with E-state index in [0.717, 1.165) is 24.3 Å². The molecule has 10 atom stereocenters. The topological polar surface area (TPSA) is 223 Å². The molecule has 2 aliphatic rings. The maximum Gasteiger partial charge on any atom is 0.164 e. The molecule has 4 aromatic heterocycles. The summed E-state index contributed by atoms with van der Waals surface area (Å²) in [5.41, 5.74) is 3.38. The van der Waals surface area contributed by atoms with Crippen LogP contribution in [0.25, 0.3) is 22.1 Å². The maximum atomic E-state index is 13.5. The lowest BCUT2D eigenvalue weighted by molar-refractivity contribution is -0.0849. The van der Waals surface area contributed by atoms with E-state index in [2.05, 4.69) is 25.4 Å². The quantitative estimate of drug-likeness (QED) is 0.0668. The minimum absolute atomic E-state index is 0.00655. The summed E-state index contributed by atoms with van der Waals surface area (Å²) in [7, 11) is 1.43. The first-order chi connectivity index (χ1) is 26.8. The van der Waals surface area contributed by atoms with Gasteiger partial charge in [0.25, 0.3) is 0 Å². The summed E-state index contributed by atoms with van der Waals surface area (Å²) in [6.45, 7) is 0. The lowest BCUT2D eigenvalue weighted by Gasteiger charge is -2.21. The normalized spacial score (nSPS) is 26.0. The fourth-order valence-electron chi connectivity index (χ4n) is 6.62. The molecular formula is C35H32ClF4N7O9. The molecule has 56 heavy (non-hydrogen) atoms. The minimum atomic E-state index is -1.50. The van der Waals surface area contributed by atoms with Crippen LogP contribution in [0.3, 0.4) is 0 Å². The average molecular weight is 806 g/mol. The first-order valence-electron chi connectivity index (χ1n) is 16.7. The third-order valence-corrected chi connectivity index (χ3v) is 9.76. The lowest BCUT2D eigenvalue weighted by Crippen LogP contribution is -2.34. The van der Waals surface area contributed by atoms with E-state index >= 15 is 0 Å². The van der Waals surface area contributed by atoms with E-state index < -0.39 is 84.6 Å². The van der Waals surface area contributed by atoms with E-state index in [1.165, 1.54) is 41.0 Å². The van der Waals surface area contributed by atoms with Crippen molar-refractivity contribution in [3.63, 3.8) is 0 Å². The third-order valence-electron chi connectivity index (χ3n) is 9.46. The number of nitrogens with one attached hydrogen (secondary N) is 1. The third kappa shape index (κ3) is 7.15. The molecule has 2 fully saturated rings. The Labute approximate surface area is 317 Å². The van der Waals surface area contributed by atoms with Crippen LogP contribution in [0, 0.1) is 23.3 Å². The number of ether oxygens (including phenoxy) is 2. The lowest BCUT2D eigenvalue weighted by atomic mass is 9.99. The minimum Gasteiger partial charge on any atom is -0.387 e. The highest BCUT2D eigenvalue weighted by Crippen LogP contribution is 2.40. The molecule has 0 saturated carbocycles. The number of rotatable bonds is 8. The van der Waals surface area contributed by atoms with Gasteiger partial charge < -0.3 is 49.2 Å². The van der Waals surface area contributed by atoms with Crippen molar-refractivity contribution in [3.05, 3.63) is 113 Å². The fraction of sp³-hybridized carbons (Fsp3) is 0.314. The summed E-state index contributed by atoms with van der Waals surface area (Å²) in [5, 5.41) is 63.9. The van der Waals surface area contributed by atoms with Crippen molar-refractivity contribution in [2.75, 3.05) is 12.6 Å². The number of hydrogen-bond acceptors (Lipinski definition) is 14. The Morgan fingerprint density at radius 2 is 1.12 bits per heavy atom. The second kappa shape index (κ2) is 15.9.